The quantitative estimate of drug-likeness (QED) is 0.478. The zero-order valence-electron chi connectivity index (χ0n) is 5.05. The Bertz CT molecular complexity index is 213. The van der Waals surface area contributed by atoms with E-state index < -0.39 is 9.84 Å². The van der Waals surface area contributed by atoms with E-state index in [0.29, 0.717) is 11.5 Å². The van der Waals surface area contributed by atoms with E-state index in [1.54, 1.807) is 0 Å². The zero-order valence-corrected chi connectivity index (χ0v) is 5.87. The van der Waals surface area contributed by atoms with Gasteiger partial charge >= 0.3 is 0 Å². The molecule has 0 aliphatic carbocycles. The standard InChI is InChI=1S/C5H9NO2S/c7-9(8)3-5(4-9)1-6-2-5/h6H,1-4H2. The van der Waals surface area contributed by atoms with Crippen molar-refractivity contribution >= 4 is 9.84 Å². The molecular formula is C5H9NO2S. The molecule has 0 aromatic heterocycles. The molecular weight excluding hydrogens is 138 g/mol. The number of sulfone groups is 1. The van der Waals surface area contributed by atoms with Crippen molar-refractivity contribution in [1.82, 2.24) is 5.32 Å². The van der Waals surface area contributed by atoms with Gasteiger partial charge in [-0.2, -0.15) is 0 Å². The van der Waals surface area contributed by atoms with Crippen LogP contribution in [0.15, 0.2) is 0 Å². The summed E-state index contributed by atoms with van der Waals surface area (Å²) in [5.74, 6) is 0.847. The lowest BCUT2D eigenvalue weighted by molar-refractivity contribution is 0.208. The van der Waals surface area contributed by atoms with Crippen LogP contribution in [0.3, 0.4) is 0 Å². The number of nitrogens with one attached hydrogen (secondary N) is 1. The fourth-order valence-corrected chi connectivity index (χ4v) is 3.76. The van der Waals surface area contributed by atoms with Crippen molar-refractivity contribution in [2.75, 3.05) is 24.6 Å². The molecule has 2 fully saturated rings. The van der Waals surface area contributed by atoms with Gasteiger partial charge in [-0.15, -0.1) is 0 Å². The van der Waals surface area contributed by atoms with Crippen LogP contribution in [0.1, 0.15) is 0 Å². The van der Waals surface area contributed by atoms with Crippen molar-refractivity contribution in [3.05, 3.63) is 0 Å². The smallest absolute Gasteiger partial charge is 0.151 e. The first kappa shape index (κ1) is 5.68. The number of rotatable bonds is 0. The molecule has 0 saturated carbocycles. The summed E-state index contributed by atoms with van der Waals surface area (Å²) >= 11 is 0. The number of hydrogen-bond acceptors (Lipinski definition) is 3. The second-order valence-corrected chi connectivity index (χ2v) is 5.20. The van der Waals surface area contributed by atoms with Gasteiger partial charge in [0.1, 0.15) is 0 Å². The van der Waals surface area contributed by atoms with Crippen LogP contribution in [0.2, 0.25) is 0 Å². The van der Waals surface area contributed by atoms with Crippen molar-refractivity contribution < 1.29 is 8.42 Å². The lowest BCUT2D eigenvalue weighted by Gasteiger charge is -2.48. The molecule has 4 heteroatoms. The van der Waals surface area contributed by atoms with Crippen LogP contribution >= 0.6 is 0 Å². The Morgan fingerprint density at radius 1 is 1.22 bits per heavy atom. The molecule has 2 aliphatic rings. The van der Waals surface area contributed by atoms with Crippen LogP contribution in [-0.4, -0.2) is 33.0 Å². The fraction of sp³-hybridized carbons (Fsp3) is 1.00. The monoisotopic (exact) mass is 147 g/mol. The van der Waals surface area contributed by atoms with E-state index in [2.05, 4.69) is 5.32 Å². The molecule has 0 aromatic carbocycles. The second kappa shape index (κ2) is 1.32. The van der Waals surface area contributed by atoms with Gasteiger partial charge in [0.2, 0.25) is 0 Å². The Hall–Kier alpha value is -0.0900. The Balaban J connectivity index is 2.12. The van der Waals surface area contributed by atoms with Crippen LogP contribution in [0, 0.1) is 5.41 Å². The molecule has 52 valence electrons. The molecule has 0 amide bonds. The summed E-state index contributed by atoms with van der Waals surface area (Å²) in [5, 5.41) is 3.08. The van der Waals surface area contributed by atoms with E-state index in [0.717, 1.165) is 13.1 Å². The van der Waals surface area contributed by atoms with Crippen molar-refractivity contribution in [2.24, 2.45) is 5.41 Å². The molecule has 1 spiro atoms. The molecule has 0 bridgehead atoms. The minimum absolute atomic E-state index is 0.179. The highest BCUT2D eigenvalue weighted by Gasteiger charge is 2.52. The maximum absolute atomic E-state index is 10.7. The average molecular weight is 147 g/mol. The maximum atomic E-state index is 10.7. The van der Waals surface area contributed by atoms with E-state index in [1.165, 1.54) is 0 Å². The van der Waals surface area contributed by atoms with Crippen LogP contribution in [-0.2, 0) is 9.84 Å². The third-order valence-corrected chi connectivity index (χ3v) is 4.16. The highest BCUT2D eigenvalue weighted by molar-refractivity contribution is 7.92. The predicted molar refractivity (Wildman–Crippen MR) is 34.0 cm³/mol. The normalized spacial score (nSPS) is 35.1. The molecule has 2 heterocycles. The first-order chi connectivity index (χ1) is 4.12. The van der Waals surface area contributed by atoms with Crippen LogP contribution in [0.5, 0.6) is 0 Å². The molecule has 3 nitrogen and oxygen atoms in total. The molecule has 2 saturated heterocycles. The van der Waals surface area contributed by atoms with E-state index in [-0.39, 0.29) is 5.41 Å². The SMILES string of the molecule is O=S1(=O)CC2(CNC2)C1. The second-order valence-electron chi connectivity index (χ2n) is 3.14. The zero-order chi connectivity index (χ0) is 6.54. The summed E-state index contributed by atoms with van der Waals surface area (Å²) in [6, 6.07) is 0. The van der Waals surface area contributed by atoms with Crippen LogP contribution in [0.25, 0.3) is 0 Å². The van der Waals surface area contributed by atoms with E-state index in [4.69, 9.17) is 0 Å². The van der Waals surface area contributed by atoms with Gasteiger partial charge in [0.05, 0.1) is 11.5 Å². The van der Waals surface area contributed by atoms with Crippen molar-refractivity contribution in [3.8, 4) is 0 Å². The lowest BCUT2D eigenvalue weighted by atomic mass is 9.85. The largest absolute Gasteiger partial charge is 0.315 e. The maximum Gasteiger partial charge on any atom is 0.151 e. The minimum Gasteiger partial charge on any atom is -0.315 e. The summed E-state index contributed by atoms with van der Waals surface area (Å²) in [7, 11) is -2.59. The molecule has 0 radical (unpaired) electrons. The van der Waals surface area contributed by atoms with Crippen LogP contribution < -0.4 is 5.32 Å². The van der Waals surface area contributed by atoms with Gasteiger partial charge in [-0.1, -0.05) is 0 Å². The van der Waals surface area contributed by atoms with Gasteiger partial charge in [-0.3, -0.25) is 0 Å². The van der Waals surface area contributed by atoms with Crippen molar-refractivity contribution in [2.45, 2.75) is 0 Å². The van der Waals surface area contributed by atoms with Crippen molar-refractivity contribution in [3.63, 3.8) is 0 Å². The summed E-state index contributed by atoms with van der Waals surface area (Å²) < 4.78 is 21.3. The summed E-state index contributed by atoms with van der Waals surface area (Å²) in [5.41, 5.74) is 0.179. The van der Waals surface area contributed by atoms with Gasteiger partial charge in [-0.25, -0.2) is 8.42 Å². The van der Waals surface area contributed by atoms with Gasteiger partial charge in [0, 0.05) is 18.5 Å². The average Bonchev–Trinajstić information content (AvgIpc) is 1.54. The highest BCUT2D eigenvalue weighted by Crippen LogP contribution is 2.35. The van der Waals surface area contributed by atoms with Gasteiger partial charge < -0.3 is 5.32 Å². The molecule has 9 heavy (non-hydrogen) atoms. The van der Waals surface area contributed by atoms with Gasteiger partial charge in [0.15, 0.2) is 9.84 Å². The Kier molecular flexibility index (Phi) is 0.833. The van der Waals surface area contributed by atoms with E-state index in [1.807, 2.05) is 0 Å². The first-order valence-corrected chi connectivity index (χ1v) is 4.85. The lowest BCUT2D eigenvalue weighted by Crippen LogP contribution is -2.66. The molecule has 0 aromatic rings. The fourth-order valence-electron chi connectivity index (χ4n) is 1.57. The summed E-state index contributed by atoms with van der Waals surface area (Å²) in [6.45, 7) is 1.82. The molecule has 1 N–H and O–H groups in total. The first-order valence-electron chi connectivity index (χ1n) is 3.03. The Labute approximate surface area is 54.4 Å². The Morgan fingerprint density at radius 2 is 1.78 bits per heavy atom. The molecule has 2 rings (SSSR count). The van der Waals surface area contributed by atoms with E-state index in [9.17, 15) is 8.42 Å². The highest BCUT2D eigenvalue weighted by atomic mass is 32.2. The molecule has 2 aliphatic heterocycles. The Morgan fingerprint density at radius 3 is 1.89 bits per heavy atom. The predicted octanol–water partition coefficient (Wildman–Crippen LogP) is -0.996. The summed E-state index contributed by atoms with van der Waals surface area (Å²) in [4.78, 5) is 0. The topological polar surface area (TPSA) is 46.2 Å². The number of hydrogen-bond donors (Lipinski definition) is 1. The minimum atomic E-state index is -2.59. The van der Waals surface area contributed by atoms with Crippen molar-refractivity contribution in [1.29, 1.82) is 0 Å². The van der Waals surface area contributed by atoms with Gasteiger partial charge in [0.25, 0.3) is 0 Å². The molecule has 0 atom stereocenters. The third-order valence-electron chi connectivity index (χ3n) is 2.05. The third kappa shape index (κ3) is 0.697. The molecule has 0 unspecified atom stereocenters. The van der Waals surface area contributed by atoms with Crippen LogP contribution in [0.4, 0.5) is 0 Å². The van der Waals surface area contributed by atoms with E-state index >= 15 is 0 Å². The summed E-state index contributed by atoms with van der Waals surface area (Å²) in [6.07, 6.45) is 0. The van der Waals surface area contributed by atoms with Gasteiger partial charge in [-0.05, 0) is 0 Å².